The molecule has 6 heteroatoms. The van der Waals surface area contributed by atoms with Crippen LogP contribution in [0, 0.1) is 5.92 Å². The van der Waals surface area contributed by atoms with Crippen LogP contribution in [0.4, 0.5) is 9.80 Å². The van der Waals surface area contributed by atoms with E-state index in [4.69, 9.17) is 0 Å². The SMILES string of the molecule is O=C(Nc1cnns1)N1CC[C@H]2CCCC[C@@H]21. The Morgan fingerprint density at radius 2 is 2.29 bits per heavy atom. The van der Waals surface area contributed by atoms with E-state index in [9.17, 15) is 4.79 Å². The third-order valence-electron chi connectivity index (χ3n) is 3.86. The minimum Gasteiger partial charge on any atom is -0.321 e. The summed E-state index contributed by atoms with van der Waals surface area (Å²) in [6.45, 7) is 0.896. The predicted octanol–water partition coefficient (Wildman–Crippen LogP) is 2.33. The molecule has 1 aromatic heterocycles. The fourth-order valence-electron chi connectivity index (χ4n) is 3.06. The number of rotatable bonds is 1. The molecule has 1 saturated carbocycles. The molecule has 1 saturated heterocycles. The van der Waals surface area contributed by atoms with E-state index in [1.165, 1.54) is 43.6 Å². The lowest BCUT2D eigenvalue weighted by atomic mass is 9.85. The van der Waals surface area contributed by atoms with Crippen molar-refractivity contribution in [2.45, 2.75) is 38.1 Å². The molecule has 2 heterocycles. The van der Waals surface area contributed by atoms with Gasteiger partial charge in [-0.25, -0.2) is 4.79 Å². The number of amides is 2. The van der Waals surface area contributed by atoms with E-state index in [0.717, 1.165) is 17.5 Å². The summed E-state index contributed by atoms with van der Waals surface area (Å²) >= 11 is 1.22. The van der Waals surface area contributed by atoms with Gasteiger partial charge in [0.05, 0.1) is 6.20 Å². The zero-order valence-corrected chi connectivity index (χ0v) is 10.4. The van der Waals surface area contributed by atoms with Gasteiger partial charge in [-0.3, -0.25) is 5.32 Å². The molecule has 2 amide bonds. The molecular formula is C11H16N4OS. The molecule has 17 heavy (non-hydrogen) atoms. The molecule has 0 bridgehead atoms. The number of hydrogen-bond acceptors (Lipinski definition) is 4. The molecule has 5 nitrogen and oxygen atoms in total. The average Bonchev–Trinajstić information content (AvgIpc) is 2.96. The lowest BCUT2D eigenvalue weighted by Crippen LogP contribution is -2.41. The summed E-state index contributed by atoms with van der Waals surface area (Å²) in [5.74, 6) is 0.731. The number of nitrogens with one attached hydrogen (secondary N) is 1. The Bertz CT molecular complexity index is 394. The van der Waals surface area contributed by atoms with Crippen LogP contribution in [0.25, 0.3) is 0 Å². The highest BCUT2D eigenvalue weighted by molar-refractivity contribution is 7.10. The third-order valence-corrected chi connectivity index (χ3v) is 4.44. The number of anilines is 1. The number of carbonyl (C=O) groups is 1. The summed E-state index contributed by atoms with van der Waals surface area (Å²) in [7, 11) is 0. The van der Waals surface area contributed by atoms with Crippen molar-refractivity contribution >= 4 is 22.6 Å². The van der Waals surface area contributed by atoms with Gasteiger partial charge in [-0.1, -0.05) is 17.3 Å². The number of likely N-dealkylation sites (tertiary alicyclic amines) is 1. The molecule has 0 radical (unpaired) electrons. The minimum absolute atomic E-state index is 0.0189. The van der Waals surface area contributed by atoms with Crippen LogP contribution in [0.2, 0.25) is 0 Å². The van der Waals surface area contributed by atoms with Gasteiger partial charge in [0.1, 0.15) is 5.00 Å². The average molecular weight is 252 g/mol. The maximum absolute atomic E-state index is 12.1. The highest BCUT2D eigenvalue weighted by Crippen LogP contribution is 2.36. The van der Waals surface area contributed by atoms with Gasteiger partial charge in [0, 0.05) is 24.1 Å². The van der Waals surface area contributed by atoms with E-state index in [1.54, 1.807) is 6.20 Å². The van der Waals surface area contributed by atoms with Crippen molar-refractivity contribution in [2.75, 3.05) is 11.9 Å². The molecule has 1 N–H and O–H groups in total. The minimum atomic E-state index is 0.0189. The zero-order chi connectivity index (χ0) is 11.7. The van der Waals surface area contributed by atoms with Crippen LogP contribution >= 0.6 is 11.5 Å². The van der Waals surface area contributed by atoms with E-state index in [1.807, 2.05) is 4.90 Å². The molecule has 1 aliphatic heterocycles. The summed E-state index contributed by atoms with van der Waals surface area (Å²) in [6.07, 6.45) is 7.80. The van der Waals surface area contributed by atoms with Crippen molar-refractivity contribution in [1.29, 1.82) is 0 Å². The summed E-state index contributed by atoms with van der Waals surface area (Å²) in [4.78, 5) is 14.1. The second-order valence-corrected chi connectivity index (χ2v) is 5.59. The van der Waals surface area contributed by atoms with Crippen LogP contribution in [0.3, 0.4) is 0 Å². The number of carbonyl (C=O) groups excluding carboxylic acids is 1. The molecule has 3 rings (SSSR count). The van der Waals surface area contributed by atoms with Gasteiger partial charge < -0.3 is 4.90 Å². The van der Waals surface area contributed by atoms with Gasteiger partial charge >= 0.3 is 6.03 Å². The van der Waals surface area contributed by atoms with Gasteiger partial charge in [-0.05, 0) is 25.2 Å². The first-order chi connectivity index (χ1) is 8.34. The van der Waals surface area contributed by atoms with E-state index in [-0.39, 0.29) is 6.03 Å². The Balaban J connectivity index is 1.66. The lowest BCUT2D eigenvalue weighted by molar-refractivity contribution is 0.182. The summed E-state index contributed by atoms with van der Waals surface area (Å²) in [5, 5.41) is 7.33. The fraction of sp³-hybridized carbons (Fsp3) is 0.727. The third kappa shape index (κ3) is 2.13. The van der Waals surface area contributed by atoms with Crippen molar-refractivity contribution in [3.05, 3.63) is 6.20 Å². The molecule has 2 fully saturated rings. The molecule has 1 aromatic rings. The van der Waals surface area contributed by atoms with Crippen LogP contribution in [0.5, 0.6) is 0 Å². The molecule has 0 spiro atoms. The van der Waals surface area contributed by atoms with Gasteiger partial charge in [0.25, 0.3) is 0 Å². The quantitative estimate of drug-likeness (QED) is 0.834. The molecule has 2 atom stereocenters. The van der Waals surface area contributed by atoms with Crippen molar-refractivity contribution in [3.63, 3.8) is 0 Å². The van der Waals surface area contributed by atoms with Crippen molar-refractivity contribution < 1.29 is 4.79 Å². The van der Waals surface area contributed by atoms with Crippen LogP contribution in [0.15, 0.2) is 6.20 Å². The smallest absolute Gasteiger partial charge is 0.321 e. The van der Waals surface area contributed by atoms with Crippen LogP contribution in [-0.2, 0) is 0 Å². The van der Waals surface area contributed by atoms with Gasteiger partial charge in [0.15, 0.2) is 0 Å². The van der Waals surface area contributed by atoms with E-state index < -0.39 is 0 Å². The molecular weight excluding hydrogens is 236 g/mol. The summed E-state index contributed by atoms with van der Waals surface area (Å²) < 4.78 is 3.74. The van der Waals surface area contributed by atoms with Crippen molar-refractivity contribution in [1.82, 2.24) is 14.5 Å². The number of fused-ring (bicyclic) bond motifs is 1. The summed E-state index contributed by atoms with van der Waals surface area (Å²) in [6, 6.07) is 0.482. The number of nitrogens with zero attached hydrogens (tertiary/aromatic N) is 3. The predicted molar refractivity (Wildman–Crippen MR) is 66.0 cm³/mol. The second kappa shape index (κ2) is 4.60. The van der Waals surface area contributed by atoms with Gasteiger partial charge in [-0.2, -0.15) is 0 Å². The topological polar surface area (TPSA) is 58.1 Å². The zero-order valence-electron chi connectivity index (χ0n) is 9.63. The maximum atomic E-state index is 12.1. The van der Waals surface area contributed by atoms with E-state index in [0.29, 0.717) is 6.04 Å². The molecule has 92 valence electrons. The van der Waals surface area contributed by atoms with Crippen LogP contribution in [-0.4, -0.2) is 33.1 Å². The Hall–Kier alpha value is -1.17. The Kier molecular flexibility index (Phi) is 2.96. The lowest BCUT2D eigenvalue weighted by Gasteiger charge is -2.31. The molecule has 1 aliphatic carbocycles. The monoisotopic (exact) mass is 252 g/mol. The largest absolute Gasteiger partial charge is 0.322 e. The number of hydrogen-bond donors (Lipinski definition) is 1. The van der Waals surface area contributed by atoms with E-state index in [2.05, 4.69) is 14.9 Å². The van der Waals surface area contributed by atoms with Crippen LogP contribution in [0.1, 0.15) is 32.1 Å². The number of urea groups is 1. The normalized spacial score (nSPS) is 27.9. The molecule has 2 aliphatic rings. The van der Waals surface area contributed by atoms with Crippen molar-refractivity contribution in [3.8, 4) is 0 Å². The van der Waals surface area contributed by atoms with Gasteiger partial charge in [-0.15, -0.1) is 5.10 Å². The second-order valence-electron chi connectivity index (χ2n) is 4.81. The molecule has 0 unspecified atom stereocenters. The summed E-state index contributed by atoms with van der Waals surface area (Å²) in [5.41, 5.74) is 0. The highest BCUT2D eigenvalue weighted by Gasteiger charge is 2.38. The fourth-order valence-corrected chi connectivity index (χ4v) is 3.47. The first-order valence-electron chi connectivity index (χ1n) is 6.19. The molecule has 0 aromatic carbocycles. The number of aromatic nitrogens is 2. The van der Waals surface area contributed by atoms with Crippen molar-refractivity contribution in [2.24, 2.45) is 5.92 Å². The van der Waals surface area contributed by atoms with Gasteiger partial charge in [0.2, 0.25) is 0 Å². The Morgan fingerprint density at radius 1 is 1.41 bits per heavy atom. The Labute approximate surface area is 104 Å². The maximum Gasteiger partial charge on any atom is 0.322 e. The first-order valence-corrected chi connectivity index (χ1v) is 6.97. The highest BCUT2D eigenvalue weighted by atomic mass is 32.1. The Morgan fingerprint density at radius 3 is 3.12 bits per heavy atom. The standard InChI is InChI=1S/C11H16N4OS/c16-11(13-10-7-12-14-17-10)15-6-5-8-3-1-2-4-9(8)15/h7-9H,1-6H2,(H,13,16)/t8-,9+/m1/s1. The first kappa shape index (κ1) is 11.0. The van der Waals surface area contributed by atoms with E-state index >= 15 is 0 Å². The van der Waals surface area contributed by atoms with Crippen LogP contribution < -0.4 is 5.32 Å².